The lowest BCUT2D eigenvalue weighted by atomic mass is 9.84. The van der Waals surface area contributed by atoms with Gasteiger partial charge in [-0.2, -0.15) is 0 Å². The van der Waals surface area contributed by atoms with Gasteiger partial charge >= 0.3 is 0 Å². The number of hydrogen-bond acceptors (Lipinski definition) is 4. The number of H-pyrrole nitrogens is 1. The number of nitrogens with zero attached hydrogens (tertiary/aromatic N) is 2. The molecule has 3 fully saturated rings. The van der Waals surface area contributed by atoms with Gasteiger partial charge in [0, 0.05) is 48.2 Å². The number of aryl methyl sites for hydroxylation is 1. The highest BCUT2D eigenvalue weighted by Gasteiger charge is 2.54. The van der Waals surface area contributed by atoms with Crippen LogP contribution in [0.2, 0.25) is 0 Å². The van der Waals surface area contributed by atoms with Gasteiger partial charge in [-0.15, -0.1) is 0 Å². The molecule has 1 aromatic heterocycles. The van der Waals surface area contributed by atoms with E-state index in [0.717, 1.165) is 19.5 Å². The third-order valence-electron chi connectivity index (χ3n) is 9.24. The Kier molecular flexibility index (Phi) is 7.14. The summed E-state index contributed by atoms with van der Waals surface area (Å²) in [5.41, 5.74) is 3.35. The number of likely N-dealkylation sites (N-methyl/N-ethyl adjacent to an activating group) is 1. The summed E-state index contributed by atoms with van der Waals surface area (Å²) in [5.74, 6) is 0.181. The predicted molar refractivity (Wildman–Crippen MR) is 149 cm³/mol. The summed E-state index contributed by atoms with van der Waals surface area (Å²) >= 11 is 0. The monoisotopic (exact) mass is 507 g/mol. The lowest BCUT2D eigenvalue weighted by molar-refractivity contribution is -0.140. The van der Waals surface area contributed by atoms with E-state index >= 15 is 0 Å². The summed E-state index contributed by atoms with van der Waals surface area (Å²) < 4.78 is 0. The van der Waals surface area contributed by atoms with Crippen LogP contribution in [-0.2, 0) is 9.59 Å². The zero-order valence-electron chi connectivity index (χ0n) is 23.4. The van der Waals surface area contributed by atoms with Crippen LogP contribution in [0.15, 0.2) is 24.4 Å². The van der Waals surface area contributed by atoms with Crippen molar-refractivity contribution in [2.75, 3.05) is 20.1 Å². The number of likely N-dealkylation sites (tertiary alicyclic amines) is 2. The normalized spacial score (nSPS) is 26.5. The van der Waals surface area contributed by atoms with Crippen LogP contribution in [0.25, 0.3) is 10.9 Å². The SMILES string of the molecule is CNC(C)C(=O)NC(C(=O)N1CCC2C1C(c1c[nH]c3cc(C)ccc13)CN2C1CCCC1)C(C)(C)C. The Morgan fingerprint density at radius 2 is 1.86 bits per heavy atom. The first-order valence-electron chi connectivity index (χ1n) is 14.2. The van der Waals surface area contributed by atoms with E-state index in [1.54, 1.807) is 7.05 Å². The molecule has 7 heteroatoms. The summed E-state index contributed by atoms with van der Waals surface area (Å²) in [6.07, 6.45) is 8.32. The molecule has 7 nitrogen and oxygen atoms in total. The van der Waals surface area contributed by atoms with Crippen molar-refractivity contribution in [2.45, 2.75) is 103 Å². The molecule has 1 saturated carbocycles. The van der Waals surface area contributed by atoms with Gasteiger partial charge in [0.1, 0.15) is 6.04 Å². The fourth-order valence-corrected chi connectivity index (χ4v) is 7.09. The standard InChI is InChI=1S/C30H45N5O2/c1-18-11-12-21-22(16-32-24(21)15-18)23-17-35(20-9-7-8-10-20)25-13-14-34(26(23)25)29(37)27(30(3,4)5)33-28(36)19(2)31-6/h11-12,15-16,19-20,23,25-27,31-32H,7-10,13-14,17H2,1-6H3,(H,33,36). The smallest absolute Gasteiger partial charge is 0.246 e. The molecule has 202 valence electrons. The molecule has 2 aromatic rings. The second-order valence-electron chi connectivity index (χ2n) is 12.7. The molecule has 2 amide bonds. The third kappa shape index (κ3) is 4.81. The molecule has 37 heavy (non-hydrogen) atoms. The number of carbonyl (C=O) groups excluding carboxylic acids is 2. The van der Waals surface area contributed by atoms with Gasteiger partial charge in [-0.1, -0.05) is 45.7 Å². The summed E-state index contributed by atoms with van der Waals surface area (Å²) in [6.45, 7) is 11.8. The van der Waals surface area contributed by atoms with Gasteiger partial charge in [-0.25, -0.2) is 0 Å². The van der Waals surface area contributed by atoms with E-state index < -0.39 is 11.5 Å². The molecule has 0 bridgehead atoms. The van der Waals surface area contributed by atoms with Crippen molar-refractivity contribution in [3.05, 3.63) is 35.5 Å². The van der Waals surface area contributed by atoms with Gasteiger partial charge < -0.3 is 20.5 Å². The first-order valence-corrected chi connectivity index (χ1v) is 14.2. The number of amides is 2. The summed E-state index contributed by atoms with van der Waals surface area (Å²) in [5, 5.41) is 7.38. The van der Waals surface area contributed by atoms with Crippen molar-refractivity contribution < 1.29 is 9.59 Å². The fourth-order valence-electron chi connectivity index (χ4n) is 7.09. The minimum Gasteiger partial charge on any atom is -0.361 e. The van der Waals surface area contributed by atoms with Crippen LogP contribution in [0, 0.1) is 12.3 Å². The minimum absolute atomic E-state index is 0.0608. The van der Waals surface area contributed by atoms with E-state index in [9.17, 15) is 9.59 Å². The highest BCUT2D eigenvalue weighted by Crippen LogP contribution is 2.46. The molecule has 0 spiro atoms. The first-order chi connectivity index (χ1) is 17.6. The molecule has 5 unspecified atom stereocenters. The van der Waals surface area contributed by atoms with Crippen molar-refractivity contribution >= 4 is 22.7 Å². The van der Waals surface area contributed by atoms with E-state index in [0.29, 0.717) is 12.1 Å². The summed E-state index contributed by atoms with van der Waals surface area (Å²) in [7, 11) is 1.77. The summed E-state index contributed by atoms with van der Waals surface area (Å²) in [4.78, 5) is 35.6. The molecule has 3 aliphatic rings. The van der Waals surface area contributed by atoms with Crippen LogP contribution in [-0.4, -0.2) is 76.9 Å². The number of fused-ring (bicyclic) bond motifs is 2. The Morgan fingerprint density at radius 1 is 1.14 bits per heavy atom. The lowest BCUT2D eigenvalue weighted by Crippen LogP contribution is -2.59. The Hall–Kier alpha value is -2.38. The second kappa shape index (κ2) is 10.1. The average Bonchev–Trinajstić information content (AvgIpc) is 3.64. The number of carbonyl (C=O) groups is 2. The van der Waals surface area contributed by atoms with Crippen LogP contribution in [0.3, 0.4) is 0 Å². The molecule has 3 heterocycles. The van der Waals surface area contributed by atoms with Crippen molar-refractivity contribution in [2.24, 2.45) is 5.41 Å². The number of aromatic nitrogens is 1. The molecule has 1 aliphatic carbocycles. The zero-order chi connectivity index (χ0) is 26.5. The van der Waals surface area contributed by atoms with Crippen LogP contribution in [0.1, 0.15) is 76.8 Å². The lowest BCUT2D eigenvalue weighted by Gasteiger charge is -2.37. The maximum atomic E-state index is 14.3. The van der Waals surface area contributed by atoms with Gasteiger partial charge in [-0.3, -0.25) is 14.5 Å². The summed E-state index contributed by atoms with van der Waals surface area (Å²) in [6, 6.07) is 6.84. The zero-order valence-corrected chi connectivity index (χ0v) is 23.4. The van der Waals surface area contributed by atoms with Crippen LogP contribution < -0.4 is 10.6 Å². The highest BCUT2D eigenvalue weighted by molar-refractivity contribution is 5.91. The maximum absolute atomic E-state index is 14.3. The number of nitrogens with one attached hydrogen (secondary N) is 3. The van der Waals surface area contributed by atoms with Crippen molar-refractivity contribution in [3.8, 4) is 0 Å². The fraction of sp³-hybridized carbons (Fsp3) is 0.667. The molecule has 3 N–H and O–H groups in total. The molecule has 0 radical (unpaired) electrons. The van der Waals surface area contributed by atoms with E-state index in [-0.39, 0.29) is 29.8 Å². The minimum atomic E-state index is -0.568. The molecule has 5 rings (SSSR count). The number of hydrogen-bond donors (Lipinski definition) is 3. The topological polar surface area (TPSA) is 80.5 Å². The largest absolute Gasteiger partial charge is 0.361 e. The molecule has 5 atom stereocenters. The van der Waals surface area contributed by atoms with Gasteiger partial charge in [0.15, 0.2) is 0 Å². The Balaban J connectivity index is 1.50. The molecule has 2 saturated heterocycles. The van der Waals surface area contributed by atoms with E-state index in [4.69, 9.17) is 0 Å². The van der Waals surface area contributed by atoms with E-state index in [1.165, 1.54) is 47.7 Å². The van der Waals surface area contributed by atoms with E-state index in [1.807, 2.05) is 27.7 Å². The number of aromatic amines is 1. The van der Waals surface area contributed by atoms with Crippen LogP contribution in [0.4, 0.5) is 0 Å². The average molecular weight is 508 g/mol. The molecular formula is C30H45N5O2. The highest BCUT2D eigenvalue weighted by atomic mass is 16.2. The quantitative estimate of drug-likeness (QED) is 0.554. The molecular weight excluding hydrogens is 462 g/mol. The first kappa shape index (κ1) is 26.2. The van der Waals surface area contributed by atoms with Gasteiger partial charge in [-0.05, 0) is 62.8 Å². The third-order valence-corrected chi connectivity index (χ3v) is 9.24. The van der Waals surface area contributed by atoms with Gasteiger partial charge in [0.05, 0.1) is 12.1 Å². The van der Waals surface area contributed by atoms with Crippen molar-refractivity contribution in [1.29, 1.82) is 0 Å². The van der Waals surface area contributed by atoms with Crippen molar-refractivity contribution in [1.82, 2.24) is 25.4 Å². The van der Waals surface area contributed by atoms with Crippen molar-refractivity contribution in [3.63, 3.8) is 0 Å². The van der Waals surface area contributed by atoms with Crippen LogP contribution in [0.5, 0.6) is 0 Å². The molecule has 2 aliphatic heterocycles. The Morgan fingerprint density at radius 3 is 2.54 bits per heavy atom. The Labute approximate surface area is 221 Å². The van der Waals surface area contributed by atoms with E-state index in [2.05, 4.69) is 56.7 Å². The number of benzene rings is 1. The van der Waals surface area contributed by atoms with Gasteiger partial charge in [0.2, 0.25) is 11.8 Å². The number of rotatable bonds is 6. The second-order valence-corrected chi connectivity index (χ2v) is 12.7. The van der Waals surface area contributed by atoms with Gasteiger partial charge in [0.25, 0.3) is 0 Å². The maximum Gasteiger partial charge on any atom is 0.246 e. The van der Waals surface area contributed by atoms with Crippen LogP contribution >= 0.6 is 0 Å². The predicted octanol–water partition coefficient (Wildman–Crippen LogP) is 3.93. The Bertz CT molecular complexity index is 1140. The molecule has 1 aromatic carbocycles.